The number of hydrogen-bond donors (Lipinski definition) is 0. The topological polar surface area (TPSA) is 71.0 Å². The SMILES string of the molecule is CC(=O)c1c(CBr)[n+]([O-])c2ccccc2[n+]1[O-]. The fourth-order valence-corrected chi connectivity index (χ4v) is 2.24. The first-order valence-corrected chi connectivity index (χ1v) is 6.03. The average Bonchev–Trinajstić information content (AvgIpc) is 2.33. The summed E-state index contributed by atoms with van der Waals surface area (Å²) in [6.45, 7) is 1.27. The average molecular weight is 297 g/mol. The van der Waals surface area contributed by atoms with Gasteiger partial charge < -0.3 is 10.4 Å². The lowest BCUT2D eigenvalue weighted by molar-refractivity contribution is -0.635. The van der Waals surface area contributed by atoms with Crippen LogP contribution in [0, 0.1) is 10.4 Å². The lowest BCUT2D eigenvalue weighted by Gasteiger charge is -2.10. The van der Waals surface area contributed by atoms with E-state index in [0.29, 0.717) is 9.46 Å². The van der Waals surface area contributed by atoms with Gasteiger partial charge in [0.2, 0.25) is 5.78 Å². The van der Waals surface area contributed by atoms with Crippen molar-refractivity contribution in [3.05, 3.63) is 46.1 Å². The van der Waals surface area contributed by atoms with Crippen molar-refractivity contribution in [3.63, 3.8) is 0 Å². The number of carbonyl (C=O) groups excluding carboxylic acids is 1. The summed E-state index contributed by atoms with van der Waals surface area (Å²) in [5.74, 6) is -0.426. The van der Waals surface area contributed by atoms with Crippen LogP contribution in [-0.4, -0.2) is 5.78 Å². The largest absolute Gasteiger partial charge is 0.618 e. The number of alkyl halides is 1. The molecule has 0 aliphatic carbocycles. The number of nitrogens with zero attached hydrogens (tertiary/aromatic N) is 2. The lowest BCUT2D eigenvalue weighted by Crippen LogP contribution is -2.46. The van der Waals surface area contributed by atoms with Crippen molar-refractivity contribution in [1.29, 1.82) is 0 Å². The van der Waals surface area contributed by atoms with Crippen molar-refractivity contribution in [1.82, 2.24) is 0 Å². The molecular formula is C11H9BrN2O3. The van der Waals surface area contributed by atoms with Crippen molar-refractivity contribution in [2.45, 2.75) is 12.3 Å². The molecule has 0 spiro atoms. The molecular weight excluding hydrogens is 288 g/mol. The zero-order chi connectivity index (χ0) is 12.6. The molecule has 88 valence electrons. The van der Waals surface area contributed by atoms with Crippen LogP contribution in [0.15, 0.2) is 24.3 Å². The Kier molecular flexibility index (Phi) is 2.97. The van der Waals surface area contributed by atoms with Gasteiger partial charge in [-0.25, -0.2) is 0 Å². The molecule has 0 aliphatic heterocycles. The zero-order valence-corrected chi connectivity index (χ0v) is 10.6. The van der Waals surface area contributed by atoms with Gasteiger partial charge in [0.25, 0.3) is 16.7 Å². The second kappa shape index (κ2) is 4.29. The quantitative estimate of drug-likeness (QED) is 0.362. The summed E-state index contributed by atoms with van der Waals surface area (Å²) >= 11 is 3.12. The highest BCUT2D eigenvalue weighted by Gasteiger charge is 2.29. The third-order valence-corrected chi connectivity index (χ3v) is 3.03. The molecule has 6 heteroatoms. The Morgan fingerprint density at radius 3 is 2.24 bits per heavy atom. The molecule has 17 heavy (non-hydrogen) atoms. The van der Waals surface area contributed by atoms with E-state index < -0.39 is 5.78 Å². The van der Waals surface area contributed by atoms with Crippen LogP contribution in [0.4, 0.5) is 0 Å². The molecule has 0 aliphatic rings. The van der Waals surface area contributed by atoms with E-state index in [1.807, 2.05) is 0 Å². The number of para-hydroxylation sites is 2. The third kappa shape index (κ3) is 1.74. The number of hydrogen-bond acceptors (Lipinski definition) is 3. The van der Waals surface area contributed by atoms with Crippen LogP contribution in [0.25, 0.3) is 11.0 Å². The first-order chi connectivity index (χ1) is 8.07. The highest BCUT2D eigenvalue weighted by Crippen LogP contribution is 2.11. The molecule has 1 aromatic carbocycles. The van der Waals surface area contributed by atoms with E-state index in [4.69, 9.17) is 0 Å². The van der Waals surface area contributed by atoms with Crippen LogP contribution >= 0.6 is 15.9 Å². The summed E-state index contributed by atoms with van der Waals surface area (Å²) in [6, 6.07) is 6.38. The Morgan fingerprint density at radius 2 is 1.76 bits per heavy atom. The molecule has 0 fully saturated rings. The van der Waals surface area contributed by atoms with E-state index in [1.165, 1.54) is 13.0 Å². The van der Waals surface area contributed by atoms with Crippen molar-refractivity contribution < 1.29 is 14.3 Å². The summed E-state index contributed by atoms with van der Waals surface area (Å²) in [5, 5.41) is 24.2. The molecule has 0 saturated carbocycles. The van der Waals surface area contributed by atoms with Crippen molar-refractivity contribution in [2.75, 3.05) is 0 Å². The van der Waals surface area contributed by atoms with Crippen LogP contribution in [-0.2, 0) is 5.33 Å². The zero-order valence-electron chi connectivity index (χ0n) is 9.01. The molecule has 5 nitrogen and oxygen atoms in total. The Hall–Kier alpha value is -1.69. The van der Waals surface area contributed by atoms with E-state index >= 15 is 0 Å². The first-order valence-electron chi connectivity index (χ1n) is 4.91. The monoisotopic (exact) mass is 296 g/mol. The van der Waals surface area contributed by atoms with Gasteiger partial charge in [0.05, 0.1) is 5.33 Å². The summed E-state index contributed by atoms with van der Waals surface area (Å²) in [4.78, 5) is 11.4. The van der Waals surface area contributed by atoms with Crippen LogP contribution in [0.2, 0.25) is 0 Å². The fourth-order valence-electron chi connectivity index (χ4n) is 1.75. The highest BCUT2D eigenvalue weighted by molar-refractivity contribution is 9.08. The summed E-state index contributed by atoms with van der Waals surface area (Å²) in [6.07, 6.45) is 0. The van der Waals surface area contributed by atoms with Gasteiger partial charge >= 0.3 is 5.69 Å². The minimum Gasteiger partial charge on any atom is -0.618 e. The van der Waals surface area contributed by atoms with Gasteiger partial charge in [-0.3, -0.25) is 4.79 Å². The molecule has 1 heterocycles. The molecule has 2 aromatic rings. The molecule has 0 bridgehead atoms. The van der Waals surface area contributed by atoms with Gasteiger partial charge in [-0.15, -0.1) is 0 Å². The summed E-state index contributed by atoms with van der Waals surface area (Å²) < 4.78 is 1.14. The smallest absolute Gasteiger partial charge is 0.329 e. The Balaban J connectivity index is 2.99. The normalized spacial score (nSPS) is 10.7. The number of carbonyl (C=O) groups is 1. The van der Waals surface area contributed by atoms with Gasteiger partial charge in [0.1, 0.15) is 0 Å². The summed E-state index contributed by atoms with van der Waals surface area (Å²) in [5.41, 5.74) is 0.459. The van der Waals surface area contributed by atoms with Gasteiger partial charge in [-0.05, 0) is 0 Å². The molecule has 0 radical (unpaired) electrons. The highest BCUT2D eigenvalue weighted by atomic mass is 79.9. The Morgan fingerprint density at radius 1 is 1.24 bits per heavy atom. The minimum absolute atomic E-state index is 0.115. The number of benzene rings is 1. The van der Waals surface area contributed by atoms with Gasteiger partial charge in [-0.2, -0.15) is 9.46 Å². The second-order valence-corrected chi connectivity index (χ2v) is 4.12. The van der Waals surface area contributed by atoms with E-state index in [-0.39, 0.29) is 27.8 Å². The van der Waals surface area contributed by atoms with Crippen molar-refractivity contribution in [3.8, 4) is 0 Å². The minimum atomic E-state index is -0.426. The predicted octanol–water partition coefficient (Wildman–Crippen LogP) is 1.20. The van der Waals surface area contributed by atoms with Crippen LogP contribution in [0.3, 0.4) is 0 Å². The van der Waals surface area contributed by atoms with Gasteiger partial charge in [0.15, 0.2) is 0 Å². The second-order valence-electron chi connectivity index (χ2n) is 3.56. The number of halogens is 1. The Bertz CT molecular complexity index is 613. The maximum Gasteiger partial charge on any atom is 0.329 e. The first kappa shape index (κ1) is 11.8. The van der Waals surface area contributed by atoms with Gasteiger partial charge in [-0.1, -0.05) is 28.1 Å². The Labute approximate surface area is 106 Å². The van der Waals surface area contributed by atoms with Crippen LogP contribution in [0.1, 0.15) is 23.1 Å². The number of Topliss-reactive ketones (excluding diaryl/α,β-unsaturated/α-hetero) is 1. The van der Waals surface area contributed by atoms with Crippen molar-refractivity contribution in [2.24, 2.45) is 0 Å². The van der Waals surface area contributed by atoms with Crippen molar-refractivity contribution >= 4 is 32.7 Å². The molecule has 0 unspecified atom stereocenters. The molecule has 0 amide bonds. The molecule has 0 atom stereocenters. The fraction of sp³-hybridized carbons (Fsp3) is 0.182. The molecule has 2 rings (SSSR count). The molecule has 0 N–H and O–H groups in total. The van der Waals surface area contributed by atoms with Crippen LogP contribution in [0.5, 0.6) is 0 Å². The maximum absolute atomic E-state index is 12.0. The lowest BCUT2D eigenvalue weighted by atomic mass is 10.2. The van der Waals surface area contributed by atoms with E-state index in [1.54, 1.807) is 18.2 Å². The number of rotatable bonds is 2. The maximum atomic E-state index is 12.0. The van der Waals surface area contributed by atoms with Crippen LogP contribution < -0.4 is 9.46 Å². The molecule has 0 saturated heterocycles. The number of aromatic nitrogens is 2. The van der Waals surface area contributed by atoms with Gasteiger partial charge in [0, 0.05) is 19.1 Å². The number of fused-ring (bicyclic) bond motifs is 1. The predicted molar refractivity (Wildman–Crippen MR) is 64.5 cm³/mol. The molecule has 1 aromatic heterocycles. The standard InChI is InChI=1S/C11H9BrN2O3/c1-7(15)11-10(6-12)13(16)8-4-2-3-5-9(8)14(11)17/h2-5H,6H2,1H3. The van der Waals surface area contributed by atoms with E-state index in [0.717, 1.165) is 0 Å². The van der Waals surface area contributed by atoms with E-state index in [2.05, 4.69) is 15.9 Å². The third-order valence-electron chi connectivity index (χ3n) is 2.50. The summed E-state index contributed by atoms with van der Waals surface area (Å²) in [7, 11) is 0. The number of ketones is 1. The van der Waals surface area contributed by atoms with E-state index in [9.17, 15) is 15.2 Å².